The van der Waals surface area contributed by atoms with Crippen molar-refractivity contribution < 1.29 is 4.79 Å². The molecule has 2 aromatic carbocycles. The second-order valence-corrected chi connectivity index (χ2v) is 5.98. The Kier molecular flexibility index (Phi) is 5.02. The smallest absolute Gasteiger partial charge is 0.254 e. The fraction of sp³-hybridized carbons (Fsp3) is 0.235. The summed E-state index contributed by atoms with van der Waals surface area (Å²) < 4.78 is 1.04. The first-order valence-electron chi connectivity index (χ1n) is 6.79. The summed E-state index contributed by atoms with van der Waals surface area (Å²) in [4.78, 5) is 14.3. The second kappa shape index (κ2) is 6.76. The first kappa shape index (κ1) is 15.6. The van der Waals surface area contributed by atoms with Crippen molar-refractivity contribution in [2.24, 2.45) is 0 Å². The van der Waals surface area contributed by atoms with Crippen molar-refractivity contribution in [1.29, 1.82) is 0 Å². The Balaban J connectivity index is 2.13. The molecule has 0 aliphatic heterocycles. The van der Waals surface area contributed by atoms with Crippen molar-refractivity contribution in [1.82, 2.24) is 4.90 Å². The van der Waals surface area contributed by atoms with E-state index in [1.807, 2.05) is 63.5 Å². The van der Waals surface area contributed by atoms with Crippen LogP contribution in [0.4, 0.5) is 5.69 Å². The third-order valence-corrected chi connectivity index (χ3v) is 3.95. The molecule has 0 spiro atoms. The van der Waals surface area contributed by atoms with Gasteiger partial charge in [-0.15, -0.1) is 0 Å². The lowest BCUT2D eigenvalue weighted by molar-refractivity contribution is 0.0784. The number of rotatable bonds is 4. The fourth-order valence-corrected chi connectivity index (χ4v) is 2.46. The molecule has 0 atom stereocenters. The molecule has 1 amide bonds. The largest absolute Gasteiger partial charge is 0.388 e. The van der Waals surface area contributed by atoms with Gasteiger partial charge in [-0.3, -0.25) is 4.79 Å². The standard InChI is InChI=1S/C17H19BrN2O/c1-12-10-15(19-2)8-9-16(12)17(21)20(3)11-13-4-6-14(18)7-5-13/h4-10,19H,11H2,1-3H3. The van der Waals surface area contributed by atoms with Gasteiger partial charge >= 0.3 is 0 Å². The molecule has 0 heterocycles. The summed E-state index contributed by atoms with van der Waals surface area (Å²) in [6.45, 7) is 2.56. The molecule has 4 heteroatoms. The number of benzene rings is 2. The van der Waals surface area contributed by atoms with E-state index in [9.17, 15) is 4.79 Å². The van der Waals surface area contributed by atoms with Gasteiger partial charge in [0.2, 0.25) is 0 Å². The lowest BCUT2D eigenvalue weighted by Gasteiger charge is -2.19. The van der Waals surface area contributed by atoms with Crippen LogP contribution in [-0.4, -0.2) is 24.9 Å². The minimum absolute atomic E-state index is 0.0399. The molecule has 2 aromatic rings. The Morgan fingerprint density at radius 1 is 1.19 bits per heavy atom. The Morgan fingerprint density at radius 3 is 2.43 bits per heavy atom. The summed E-state index contributed by atoms with van der Waals surface area (Å²) in [6.07, 6.45) is 0. The summed E-state index contributed by atoms with van der Waals surface area (Å²) in [5.41, 5.74) is 3.85. The van der Waals surface area contributed by atoms with Gasteiger partial charge in [0.15, 0.2) is 0 Å². The molecule has 2 rings (SSSR count). The third kappa shape index (κ3) is 3.85. The first-order valence-corrected chi connectivity index (χ1v) is 7.59. The molecule has 0 radical (unpaired) electrons. The molecule has 0 unspecified atom stereocenters. The van der Waals surface area contributed by atoms with Crippen LogP contribution < -0.4 is 5.32 Å². The number of hydrogen-bond donors (Lipinski definition) is 1. The summed E-state index contributed by atoms with van der Waals surface area (Å²) in [5, 5.41) is 3.08. The van der Waals surface area contributed by atoms with Crippen LogP contribution in [0.3, 0.4) is 0 Å². The molecule has 110 valence electrons. The molecule has 0 saturated carbocycles. The van der Waals surface area contributed by atoms with E-state index in [1.165, 1.54) is 0 Å². The molecule has 0 saturated heterocycles. The van der Waals surface area contributed by atoms with E-state index in [0.717, 1.165) is 26.9 Å². The molecule has 0 bridgehead atoms. The van der Waals surface area contributed by atoms with E-state index in [-0.39, 0.29) is 5.91 Å². The van der Waals surface area contributed by atoms with E-state index in [1.54, 1.807) is 4.90 Å². The van der Waals surface area contributed by atoms with Crippen LogP contribution in [0, 0.1) is 6.92 Å². The Labute approximate surface area is 134 Å². The number of halogens is 1. The quantitative estimate of drug-likeness (QED) is 0.904. The predicted octanol–water partition coefficient (Wildman–Crippen LogP) is 4.07. The summed E-state index contributed by atoms with van der Waals surface area (Å²) >= 11 is 3.41. The van der Waals surface area contributed by atoms with Gasteiger partial charge in [-0.05, 0) is 48.4 Å². The molecule has 0 fully saturated rings. The van der Waals surface area contributed by atoms with Crippen molar-refractivity contribution in [3.8, 4) is 0 Å². The van der Waals surface area contributed by atoms with Gasteiger partial charge in [0.1, 0.15) is 0 Å². The number of nitrogens with one attached hydrogen (secondary N) is 1. The number of aryl methyl sites for hydroxylation is 1. The van der Waals surface area contributed by atoms with Gasteiger partial charge in [-0.2, -0.15) is 0 Å². The Hall–Kier alpha value is -1.81. The van der Waals surface area contributed by atoms with Gasteiger partial charge in [-0.1, -0.05) is 28.1 Å². The van der Waals surface area contributed by atoms with Crippen LogP contribution in [0.1, 0.15) is 21.5 Å². The Bertz CT molecular complexity index is 638. The van der Waals surface area contributed by atoms with E-state index in [2.05, 4.69) is 21.2 Å². The number of nitrogens with zero attached hydrogens (tertiary/aromatic N) is 1. The summed E-state index contributed by atoms with van der Waals surface area (Å²) in [7, 11) is 3.70. The maximum absolute atomic E-state index is 12.5. The minimum atomic E-state index is 0.0399. The highest BCUT2D eigenvalue weighted by Crippen LogP contribution is 2.18. The molecule has 1 N–H and O–H groups in total. The van der Waals surface area contributed by atoms with Crippen molar-refractivity contribution in [3.05, 3.63) is 63.6 Å². The molecule has 0 aromatic heterocycles. The number of anilines is 1. The van der Waals surface area contributed by atoms with Gasteiger partial charge in [0.05, 0.1) is 0 Å². The van der Waals surface area contributed by atoms with Crippen LogP contribution in [-0.2, 0) is 6.54 Å². The van der Waals surface area contributed by atoms with Crippen molar-refractivity contribution >= 4 is 27.5 Å². The fourth-order valence-electron chi connectivity index (χ4n) is 2.20. The lowest BCUT2D eigenvalue weighted by atomic mass is 10.1. The zero-order valence-corrected chi connectivity index (χ0v) is 14.1. The molecular weight excluding hydrogens is 328 g/mol. The van der Waals surface area contributed by atoms with E-state index >= 15 is 0 Å². The molecule has 3 nitrogen and oxygen atoms in total. The van der Waals surface area contributed by atoms with Gasteiger partial charge in [0.25, 0.3) is 5.91 Å². The highest BCUT2D eigenvalue weighted by atomic mass is 79.9. The van der Waals surface area contributed by atoms with Crippen LogP contribution in [0.5, 0.6) is 0 Å². The third-order valence-electron chi connectivity index (χ3n) is 3.43. The first-order chi connectivity index (χ1) is 10.0. The minimum Gasteiger partial charge on any atom is -0.388 e. The lowest BCUT2D eigenvalue weighted by Crippen LogP contribution is -2.26. The number of carbonyl (C=O) groups is 1. The average Bonchev–Trinajstić information content (AvgIpc) is 2.48. The molecule has 0 aliphatic rings. The summed E-state index contributed by atoms with van der Waals surface area (Å²) in [6, 6.07) is 13.8. The van der Waals surface area contributed by atoms with Crippen LogP contribution in [0.2, 0.25) is 0 Å². The normalized spacial score (nSPS) is 10.3. The zero-order chi connectivity index (χ0) is 15.4. The number of carbonyl (C=O) groups excluding carboxylic acids is 1. The SMILES string of the molecule is CNc1ccc(C(=O)N(C)Cc2ccc(Br)cc2)c(C)c1. The average molecular weight is 347 g/mol. The molecule has 21 heavy (non-hydrogen) atoms. The van der Waals surface area contributed by atoms with Crippen molar-refractivity contribution in [2.45, 2.75) is 13.5 Å². The van der Waals surface area contributed by atoms with E-state index < -0.39 is 0 Å². The topological polar surface area (TPSA) is 32.3 Å². The molecular formula is C17H19BrN2O. The van der Waals surface area contributed by atoms with Gasteiger partial charge in [0, 0.05) is 36.4 Å². The van der Waals surface area contributed by atoms with Crippen molar-refractivity contribution in [3.63, 3.8) is 0 Å². The monoisotopic (exact) mass is 346 g/mol. The highest BCUT2D eigenvalue weighted by molar-refractivity contribution is 9.10. The predicted molar refractivity (Wildman–Crippen MR) is 90.7 cm³/mol. The highest BCUT2D eigenvalue weighted by Gasteiger charge is 2.14. The number of hydrogen-bond acceptors (Lipinski definition) is 2. The zero-order valence-electron chi connectivity index (χ0n) is 12.5. The molecule has 0 aliphatic carbocycles. The van der Waals surface area contributed by atoms with Crippen LogP contribution >= 0.6 is 15.9 Å². The number of amides is 1. The van der Waals surface area contributed by atoms with Crippen LogP contribution in [0.15, 0.2) is 46.9 Å². The van der Waals surface area contributed by atoms with Gasteiger partial charge < -0.3 is 10.2 Å². The maximum atomic E-state index is 12.5. The van der Waals surface area contributed by atoms with Gasteiger partial charge in [-0.25, -0.2) is 0 Å². The maximum Gasteiger partial charge on any atom is 0.254 e. The summed E-state index contributed by atoms with van der Waals surface area (Å²) in [5.74, 6) is 0.0399. The van der Waals surface area contributed by atoms with Crippen LogP contribution in [0.25, 0.3) is 0 Å². The second-order valence-electron chi connectivity index (χ2n) is 5.07. The van der Waals surface area contributed by atoms with Crippen molar-refractivity contribution in [2.75, 3.05) is 19.4 Å². The van der Waals surface area contributed by atoms with E-state index in [0.29, 0.717) is 6.54 Å². The Morgan fingerprint density at radius 2 is 1.86 bits per heavy atom. The van der Waals surface area contributed by atoms with E-state index in [4.69, 9.17) is 0 Å².